The second-order valence-corrected chi connectivity index (χ2v) is 26.9. The highest BCUT2D eigenvalue weighted by Gasteiger charge is 2.53. The normalized spacial score (nSPS) is 18.2. The molecule has 376 valence electrons. The standard InChI is InChI=1S/C56H76BFN4O7Si/c1-39(67-70(53(6,7)8,44-26-16-14-17-27-44)45-28-18-15-19-29-45)23-20-21-36-65-56(13)32-34-61(35-33-56)50-48(49(51(63)64)66-52(3,4)5)40(2)59-47-38-43(60-62(47)50)25-22-24-41-30-31-42(58)37-46(41)57-68-54(9,10)55(11,12)69-57/h14-19,22,25-31,37-39,49H,20-21,23-24,32-36H2,1-13H3,(H,63,64)/t39-,49?/m1/s1. The third-order valence-corrected chi connectivity index (χ3v) is 19.6. The number of piperidine rings is 1. The number of carboxylic acids is 1. The number of carbonyl (C=O) groups is 1. The van der Waals surface area contributed by atoms with Crippen molar-refractivity contribution in [2.24, 2.45) is 0 Å². The summed E-state index contributed by atoms with van der Waals surface area (Å²) in [5.74, 6) is -0.806. The van der Waals surface area contributed by atoms with Gasteiger partial charge in [-0.05, 0) is 152 Å². The van der Waals surface area contributed by atoms with Crippen LogP contribution in [-0.4, -0.2) is 89.3 Å². The van der Waals surface area contributed by atoms with Crippen molar-refractivity contribution < 1.29 is 37.5 Å². The van der Waals surface area contributed by atoms with Crippen LogP contribution in [0.3, 0.4) is 0 Å². The second kappa shape index (κ2) is 20.8. The first-order valence-electron chi connectivity index (χ1n) is 25.1. The van der Waals surface area contributed by atoms with Gasteiger partial charge < -0.3 is 33.2 Å². The smallest absolute Gasteiger partial charge is 0.479 e. The molecule has 2 atom stereocenters. The summed E-state index contributed by atoms with van der Waals surface area (Å²) in [4.78, 5) is 20.2. The van der Waals surface area contributed by atoms with Crippen molar-refractivity contribution in [1.29, 1.82) is 0 Å². The molecular weight excluding hydrogens is 899 g/mol. The van der Waals surface area contributed by atoms with E-state index in [2.05, 4.69) is 100 Å². The summed E-state index contributed by atoms with van der Waals surface area (Å²) in [6.45, 7) is 28.5. The molecule has 0 spiro atoms. The Balaban J connectivity index is 1.05. The van der Waals surface area contributed by atoms with Crippen LogP contribution in [0, 0.1) is 12.7 Å². The number of rotatable bonds is 18. The summed E-state index contributed by atoms with van der Waals surface area (Å²) in [5, 5.41) is 18.2. The van der Waals surface area contributed by atoms with Crippen LogP contribution in [0.5, 0.6) is 0 Å². The van der Waals surface area contributed by atoms with Crippen molar-refractivity contribution in [1.82, 2.24) is 14.6 Å². The fourth-order valence-electron chi connectivity index (χ4n) is 9.90. The van der Waals surface area contributed by atoms with Crippen molar-refractivity contribution in [2.45, 2.75) is 168 Å². The van der Waals surface area contributed by atoms with E-state index in [0.29, 0.717) is 60.0 Å². The van der Waals surface area contributed by atoms with E-state index in [4.69, 9.17) is 33.3 Å². The van der Waals surface area contributed by atoms with Crippen molar-refractivity contribution in [3.63, 3.8) is 0 Å². The highest BCUT2D eigenvalue weighted by Crippen LogP contribution is 2.40. The number of hydrogen-bond acceptors (Lipinski definition) is 9. The number of fused-ring (bicyclic) bond motifs is 1. The Morgan fingerprint density at radius 2 is 1.50 bits per heavy atom. The van der Waals surface area contributed by atoms with Crippen LogP contribution < -0.4 is 20.7 Å². The van der Waals surface area contributed by atoms with Gasteiger partial charge in [0, 0.05) is 37.6 Å². The molecular formula is C56H76BFN4O7Si. The van der Waals surface area contributed by atoms with Gasteiger partial charge in [0.2, 0.25) is 0 Å². The van der Waals surface area contributed by atoms with E-state index >= 15 is 0 Å². The molecule has 14 heteroatoms. The van der Waals surface area contributed by atoms with E-state index < -0.39 is 44.3 Å². The first-order valence-corrected chi connectivity index (χ1v) is 27.0. The summed E-state index contributed by atoms with van der Waals surface area (Å²) in [5.41, 5.74) is 1.53. The number of hydrogen-bond donors (Lipinski definition) is 1. The summed E-state index contributed by atoms with van der Waals surface area (Å²) in [6, 6.07) is 28.2. The number of aromatic nitrogens is 3. The van der Waals surface area contributed by atoms with Crippen LogP contribution in [-0.2, 0) is 34.4 Å². The summed E-state index contributed by atoms with van der Waals surface area (Å²) < 4.78 is 49.3. The lowest BCUT2D eigenvalue weighted by Crippen LogP contribution is -2.67. The highest BCUT2D eigenvalue weighted by atomic mass is 28.4. The number of halogens is 1. The lowest BCUT2D eigenvalue weighted by molar-refractivity contribution is -0.160. The van der Waals surface area contributed by atoms with Crippen LogP contribution in [0.2, 0.25) is 5.04 Å². The average molecular weight is 975 g/mol. The molecule has 0 saturated carbocycles. The summed E-state index contributed by atoms with van der Waals surface area (Å²) in [7, 11) is -3.36. The molecule has 5 aromatic rings. The molecule has 0 radical (unpaired) electrons. The van der Waals surface area contributed by atoms with Gasteiger partial charge >= 0.3 is 13.1 Å². The largest absolute Gasteiger partial charge is 0.495 e. The molecule has 2 aliphatic rings. The fraction of sp³-hybridized carbons (Fsp3) is 0.518. The van der Waals surface area contributed by atoms with E-state index in [0.717, 1.165) is 37.7 Å². The Kier molecular flexibility index (Phi) is 15.8. The first-order chi connectivity index (χ1) is 32.8. The molecule has 0 amide bonds. The lowest BCUT2D eigenvalue weighted by atomic mass is 9.75. The number of nitrogens with zero attached hydrogens (tertiary/aromatic N) is 4. The molecule has 7 rings (SSSR count). The van der Waals surface area contributed by atoms with Gasteiger partial charge in [0.25, 0.3) is 8.32 Å². The molecule has 0 bridgehead atoms. The van der Waals surface area contributed by atoms with Crippen LogP contribution in [0.1, 0.15) is 144 Å². The van der Waals surface area contributed by atoms with Gasteiger partial charge in [0.05, 0.1) is 33.7 Å². The van der Waals surface area contributed by atoms with Gasteiger partial charge in [-0.3, -0.25) is 0 Å². The minimum Gasteiger partial charge on any atom is -0.479 e. The number of carboxylic acid groups (broad SMARTS) is 1. The molecule has 1 N–H and O–H groups in total. The molecule has 2 aliphatic heterocycles. The van der Waals surface area contributed by atoms with Gasteiger partial charge in [0.1, 0.15) is 11.6 Å². The average Bonchev–Trinajstić information content (AvgIpc) is 3.79. The molecule has 2 fully saturated rings. The topological polar surface area (TPSA) is 117 Å². The molecule has 3 aromatic carbocycles. The molecule has 11 nitrogen and oxygen atoms in total. The number of aliphatic carboxylic acids is 1. The van der Waals surface area contributed by atoms with E-state index in [-0.39, 0.29) is 22.6 Å². The van der Waals surface area contributed by atoms with Crippen molar-refractivity contribution in [3.8, 4) is 0 Å². The number of aryl methyl sites for hydroxylation is 1. The van der Waals surface area contributed by atoms with Gasteiger partial charge in [-0.25, -0.2) is 14.2 Å². The molecule has 4 heterocycles. The van der Waals surface area contributed by atoms with E-state index in [9.17, 15) is 14.3 Å². The third kappa shape index (κ3) is 11.6. The maximum absolute atomic E-state index is 14.6. The molecule has 70 heavy (non-hydrogen) atoms. The predicted octanol–water partition coefficient (Wildman–Crippen LogP) is 10.2. The van der Waals surface area contributed by atoms with Gasteiger partial charge in [0.15, 0.2) is 11.8 Å². The zero-order chi connectivity index (χ0) is 50.9. The zero-order valence-electron chi connectivity index (χ0n) is 43.9. The van der Waals surface area contributed by atoms with E-state index in [1.807, 2.05) is 73.6 Å². The van der Waals surface area contributed by atoms with Gasteiger partial charge in [-0.1, -0.05) is 93.6 Å². The molecule has 1 unspecified atom stereocenters. The predicted molar refractivity (Wildman–Crippen MR) is 282 cm³/mol. The van der Waals surface area contributed by atoms with Crippen LogP contribution in [0.4, 0.5) is 10.2 Å². The molecule has 0 aliphatic carbocycles. The number of ether oxygens (including phenoxy) is 2. The number of benzene rings is 3. The Morgan fingerprint density at radius 1 is 0.900 bits per heavy atom. The fourth-order valence-corrected chi connectivity index (χ4v) is 14.6. The van der Waals surface area contributed by atoms with Crippen molar-refractivity contribution >= 4 is 54.8 Å². The maximum Gasteiger partial charge on any atom is 0.495 e. The monoisotopic (exact) mass is 975 g/mol. The highest BCUT2D eigenvalue weighted by molar-refractivity contribution is 6.99. The molecule has 2 saturated heterocycles. The third-order valence-electron chi connectivity index (χ3n) is 14.4. The van der Waals surface area contributed by atoms with Crippen molar-refractivity contribution in [2.75, 3.05) is 24.6 Å². The second-order valence-electron chi connectivity index (χ2n) is 22.6. The van der Waals surface area contributed by atoms with Gasteiger partial charge in [-0.15, -0.1) is 0 Å². The quantitative estimate of drug-likeness (QED) is 0.0672. The van der Waals surface area contributed by atoms with Crippen LogP contribution in [0.25, 0.3) is 11.7 Å². The Hall–Kier alpha value is -4.70. The summed E-state index contributed by atoms with van der Waals surface area (Å²) >= 11 is 0. The number of anilines is 1. The maximum atomic E-state index is 14.6. The van der Waals surface area contributed by atoms with E-state index in [1.54, 1.807) is 10.6 Å². The zero-order valence-corrected chi connectivity index (χ0v) is 44.9. The minimum absolute atomic E-state index is 0.0605. The van der Waals surface area contributed by atoms with Crippen LogP contribution >= 0.6 is 0 Å². The lowest BCUT2D eigenvalue weighted by Gasteiger charge is -2.44. The Bertz CT molecular complexity index is 2560. The molecule has 2 aromatic heterocycles. The number of allylic oxidation sites excluding steroid dienone is 1. The minimum atomic E-state index is -2.65. The van der Waals surface area contributed by atoms with E-state index in [1.165, 1.54) is 22.5 Å². The van der Waals surface area contributed by atoms with Crippen molar-refractivity contribution in [3.05, 3.63) is 119 Å². The summed E-state index contributed by atoms with van der Waals surface area (Å²) in [6.07, 6.45) is 7.42. The Labute approximate surface area is 417 Å². The Morgan fingerprint density at radius 3 is 2.06 bits per heavy atom. The van der Waals surface area contributed by atoms with Gasteiger partial charge in [-0.2, -0.15) is 9.61 Å². The number of unbranched alkanes of at least 4 members (excludes halogenated alkanes) is 1. The SMILES string of the molecule is Cc1nc2cc(C=CCc3ccc(F)cc3B3OC(C)(C)C(C)(C)O3)nn2c(N2CCC(C)(OCCCC[C@@H](C)O[Si](c3ccccc3)(c3ccccc3)C(C)(C)C)CC2)c1C(OC(C)(C)C)C(=O)O. The first kappa shape index (κ1) is 53.1. The van der Waals surface area contributed by atoms with Crippen LogP contribution in [0.15, 0.2) is 91.0 Å².